The van der Waals surface area contributed by atoms with Gasteiger partial charge in [-0.3, -0.25) is 0 Å². The van der Waals surface area contributed by atoms with Crippen LogP contribution in [0.4, 0.5) is 4.79 Å². The predicted octanol–water partition coefficient (Wildman–Crippen LogP) is 4.62. The van der Waals surface area contributed by atoms with Crippen molar-refractivity contribution < 1.29 is 18.7 Å². The van der Waals surface area contributed by atoms with Gasteiger partial charge in [0.25, 0.3) is 0 Å². The molecule has 1 aromatic heterocycles. The Hall–Kier alpha value is -2.02. The first-order chi connectivity index (χ1) is 12.2. The number of fused-ring (bicyclic) bond motifs is 1. The average molecular weight is 423 g/mol. The van der Waals surface area contributed by atoms with E-state index in [-0.39, 0.29) is 6.09 Å². The molecule has 0 bridgehead atoms. The zero-order valence-electron chi connectivity index (χ0n) is 15.5. The van der Waals surface area contributed by atoms with Crippen LogP contribution in [0, 0.1) is 6.92 Å². The second-order valence-corrected chi connectivity index (χ2v) is 8.11. The Bertz CT molecular complexity index is 810. The molecule has 0 unspecified atom stereocenters. The molecule has 6 nitrogen and oxygen atoms in total. The van der Waals surface area contributed by atoms with Crippen LogP contribution in [0.3, 0.4) is 0 Å². The molecule has 26 heavy (non-hydrogen) atoms. The van der Waals surface area contributed by atoms with Gasteiger partial charge in [-0.05, 0) is 67.2 Å². The van der Waals surface area contributed by atoms with Crippen LogP contribution in [-0.4, -0.2) is 28.1 Å². The molecule has 7 heteroatoms. The molecule has 0 fully saturated rings. The number of aryl methyl sites for hydroxylation is 1. The summed E-state index contributed by atoms with van der Waals surface area (Å²) in [6.45, 7) is 8.98. The van der Waals surface area contributed by atoms with Crippen LogP contribution in [0.2, 0.25) is 0 Å². The van der Waals surface area contributed by atoms with Crippen molar-refractivity contribution in [3.05, 3.63) is 45.6 Å². The third-order valence-electron chi connectivity index (χ3n) is 4.15. The number of ether oxygens (including phenoxy) is 2. The van der Waals surface area contributed by atoms with E-state index < -0.39 is 5.60 Å². The molecule has 1 aliphatic heterocycles. The van der Waals surface area contributed by atoms with Crippen molar-refractivity contribution in [1.29, 1.82) is 0 Å². The SMILES string of the molecule is Cc1ncoc1COc1ccc2c(c1Br)CCN(C(=O)OC(C)(C)C)C2. The maximum atomic E-state index is 12.3. The van der Waals surface area contributed by atoms with E-state index in [2.05, 4.69) is 20.9 Å². The topological polar surface area (TPSA) is 64.8 Å². The molecular weight excluding hydrogens is 400 g/mol. The highest BCUT2D eigenvalue weighted by atomic mass is 79.9. The van der Waals surface area contributed by atoms with Gasteiger partial charge in [-0.15, -0.1) is 0 Å². The fourth-order valence-corrected chi connectivity index (χ4v) is 3.49. The minimum Gasteiger partial charge on any atom is -0.484 e. The van der Waals surface area contributed by atoms with Gasteiger partial charge in [-0.2, -0.15) is 0 Å². The molecule has 0 radical (unpaired) electrons. The lowest BCUT2D eigenvalue weighted by Gasteiger charge is -2.32. The van der Waals surface area contributed by atoms with Crippen molar-refractivity contribution >= 4 is 22.0 Å². The maximum Gasteiger partial charge on any atom is 0.410 e. The van der Waals surface area contributed by atoms with E-state index in [1.807, 2.05) is 39.8 Å². The zero-order valence-corrected chi connectivity index (χ0v) is 17.1. The molecule has 0 saturated heterocycles. The summed E-state index contributed by atoms with van der Waals surface area (Å²) in [5, 5.41) is 0. The van der Waals surface area contributed by atoms with Crippen molar-refractivity contribution in [2.75, 3.05) is 6.54 Å². The molecule has 2 heterocycles. The van der Waals surface area contributed by atoms with Crippen LogP contribution in [0.1, 0.15) is 43.4 Å². The summed E-state index contributed by atoms with van der Waals surface area (Å²) in [5.41, 5.74) is 2.59. The summed E-state index contributed by atoms with van der Waals surface area (Å²) < 4.78 is 17.6. The smallest absolute Gasteiger partial charge is 0.410 e. The number of carbonyl (C=O) groups excluding carboxylic acids is 1. The number of aromatic nitrogens is 1. The lowest BCUT2D eigenvalue weighted by molar-refractivity contribution is 0.0223. The molecule has 3 rings (SSSR count). The molecule has 0 saturated carbocycles. The van der Waals surface area contributed by atoms with E-state index in [1.54, 1.807) is 4.90 Å². The van der Waals surface area contributed by atoms with Crippen molar-refractivity contribution in [1.82, 2.24) is 9.88 Å². The Kier molecular flexibility index (Phi) is 5.27. The molecule has 0 spiro atoms. The second-order valence-electron chi connectivity index (χ2n) is 7.32. The van der Waals surface area contributed by atoms with E-state index in [4.69, 9.17) is 13.9 Å². The Labute approximate surface area is 161 Å². The lowest BCUT2D eigenvalue weighted by atomic mass is 9.99. The van der Waals surface area contributed by atoms with Gasteiger partial charge in [0.05, 0.1) is 10.2 Å². The maximum absolute atomic E-state index is 12.3. The van der Waals surface area contributed by atoms with Crippen molar-refractivity contribution in [2.24, 2.45) is 0 Å². The number of hydrogen-bond acceptors (Lipinski definition) is 5. The Morgan fingerprint density at radius 1 is 1.38 bits per heavy atom. The molecule has 1 amide bonds. The molecule has 2 aromatic rings. The van der Waals surface area contributed by atoms with E-state index in [0.29, 0.717) is 25.5 Å². The standard InChI is InChI=1S/C19H23BrN2O4/c1-12-16(25-11-21-12)10-24-15-6-5-13-9-22(8-7-14(13)17(15)20)18(23)26-19(2,3)4/h5-6,11H,7-10H2,1-4H3. The number of rotatable bonds is 3. The lowest BCUT2D eigenvalue weighted by Crippen LogP contribution is -2.40. The molecule has 0 N–H and O–H groups in total. The molecule has 0 atom stereocenters. The number of hydrogen-bond donors (Lipinski definition) is 0. The average Bonchev–Trinajstić information content (AvgIpc) is 2.97. The Balaban J connectivity index is 1.70. The Morgan fingerprint density at radius 2 is 2.15 bits per heavy atom. The van der Waals surface area contributed by atoms with Crippen LogP contribution in [0.25, 0.3) is 0 Å². The van der Waals surface area contributed by atoms with Crippen LogP contribution in [0.15, 0.2) is 27.4 Å². The van der Waals surface area contributed by atoms with Crippen LogP contribution < -0.4 is 4.74 Å². The van der Waals surface area contributed by atoms with Crippen LogP contribution in [0.5, 0.6) is 5.75 Å². The molecule has 0 aliphatic carbocycles. The molecule has 1 aromatic carbocycles. The molecule has 140 valence electrons. The highest BCUT2D eigenvalue weighted by molar-refractivity contribution is 9.10. The fourth-order valence-electron chi connectivity index (χ4n) is 2.79. The van der Waals surface area contributed by atoms with E-state index >= 15 is 0 Å². The first kappa shape index (κ1) is 18.8. The first-order valence-corrected chi connectivity index (χ1v) is 9.34. The highest BCUT2D eigenvalue weighted by Gasteiger charge is 2.27. The molecular formula is C19H23BrN2O4. The quantitative estimate of drug-likeness (QED) is 0.721. The number of amides is 1. The van der Waals surface area contributed by atoms with E-state index in [0.717, 1.165) is 33.5 Å². The minimum atomic E-state index is -0.492. The van der Waals surface area contributed by atoms with Crippen LogP contribution in [-0.2, 0) is 24.3 Å². The summed E-state index contributed by atoms with van der Waals surface area (Å²) in [4.78, 5) is 18.1. The second kappa shape index (κ2) is 7.31. The van der Waals surface area contributed by atoms with Crippen LogP contribution >= 0.6 is 15.9 Å². The van der Waals surface area contributed by atoms with Crippen molar-refractivity contribution in [2.45, 2.75) is 52.9 Å². The van der Waals surface area contributed by atoms with Crippen molar-refractivity contribution in [3.8, 4) is 5.75 Å². The van der Waals surface area contributed by atoms with Gasteiger partial charge in [0.1, 0.15) is 18.0 Å². The summed E-state index contributed by atoms with van der Waals surface area (Å²) in [6, 6.07) is 3.91. The van der Waals surface area contributed by atoms with Crippen molar-refractivity contribution in [3.63, 3.8) is 0 Å². The van der Waals surface area contributed by atoms with Gasteiger partial charge in [0.2, 0.25) is 0 Å². The van der Waals surface area contributed by atoms with Gasteiger partial charge < -0.3 is 18.8 Å². The van der Waals surface area contributed by atoms with E-state index in [9.17, 15) is 4.79 Å². The highest BCUT2D eigenvalue weighted by Crippen LogP contribution is 2.35. The monoisotopic (exact) mass is 422 g/mol. The number of halogens is 1. The number of benzene rings is 1. The summed E-state index contributed by atoms with van der Waals surface area (Å²) in [6.07, 6.45) is 1.88. The largest absolute Gasteiger partial charge is 0.484 e. The number of nitrogens with zero attached hydrogens (tertiary/aromatic N) is 2. The van der Waals surface area contributed by atoms with Gasteiger partial charge >= 0.3 is 6.09 Å². The van der Waals surface area contributed by atoms with E-state index in [1.165, 1.54) is 6.39 Å². The summed E-state index contributed by atoms with van der Waals surface area (Å²) in [7, 11) is 0. The number of oxazole rings is 1. The third kappa shape index (κ3) is 4.20. The summed E-state index contributed by atoms with van der Waals surface area (Å²) in [5.74, 6) is 1.47. The zero-order chi connectivity index (χ0) is 18.9. The predicted molar refractivity (Wildman–Crippen MR) is 100 cm³/mol. The molecule has 1 aliphatic rings. The summed E-state index contributed by atoms with van der Waals surface area (Å²) >= 11 is 3.65. The Morgan fingerprint density at radius 3 is 2.81 bits per heavy atom. The van der Waals surface area contributed by atoms with Gasteiger partial charge in [0.15, 0.2) is 12.2 Å². The number of carbonyl (C=O) groups is 1. The normalized spacial score (nSPS) is 14.1. The minimum absolute atomic E-state index is 0.277. The van der Waals surface area contributed by atoms with Gasteiger partial charge in [-0.1, -0.05) is 6.07 Å². The first-order valence-electron chi connectivity index (χ1n) is 8.54. The fraction of sp³-hybridized carbons (Fsp3) is 0.474. The third-order valence-corrected chi connectivity index (χ3v) is 5.02. The van der Waals surface area contributed by atoms with Gasteiger partial charge in [0, 0.05) is 13.1 Å². The van der Waals surface area contributed by atoms with Gasteiger partial charge in [-0.25, -0.2) is 9.78 Å².